The van der Waals surface area contributed by atoms with E-state index < -0.39 is 0 Å². The van der Waals surface area contributed by atoms with E-state index in [4.69, 9.17) is 0 Å². The Morgan fingerprint density at radius 3 is 2.79 bits per heavy atom. The third-order valence-corrected chi connectivity index (χ3v) is 5.56. The Bertz CT molecular complexity index is 472. The molecule has 0 spiro atoms. The molecule has 1 N–H and O–H groups in total. The quantitative estimate of drug-likeness (QED) is 0.782. The molecule has 2 nitrogen and oxygen atoms in total. The first kappa shape index (κ1) is 11.9. The number of aliphatic hydroxyl groups is 1. The molecule has 0 radical (unpaired) electrons. The van der Waals surface area contributed by atoms with Gasteiger partial charge in [0, 0.05) is 18.6 Å². The van der Waals surface area contributed by atoms with Crippen LogP contribution in [0, 0.1) is 5.92 Å². The number of hydrogen-bond acceptors (Lipinski definition) is 2. The highest BCUT2D eigenvalue weighted by molar-refractivity contribution is 5.31. The third kappa shape index (κ3) is 1.93. The van der Waals surface area contributed by atoms with Gasteiger partial charge >= 0.3 is 0 Å². The van der Waals surface area contributed by atoms with Crippen molar-refractivity contribution in [1.29, 1.82) is 0 Å². The van der Waals surface area contributed by atoms with E-state index in [0.29, 0.717) is 6.04 Å². The molecule has 19 heavy (non-hydrogen) atoms. The number of fused-ring (bicyclic) bond motifs is 3. The lowest BCUT2D eigenvalue weighted by Crippen LogP contribution is -2.44. The fourth-order valence-electron chi connectivity index (χ4n) is 4.63. The van der Waals surface area contributed by atoms with Crippen LogP contribution in [0.5, 0.6) is 0 Å². The van der Waals surface area contributed by atoms with E-state index >= 15 is 0 Å². The van der Waals surface area contributed by atoms with Crippen LogP contribution in [0.4, 0.5) is 0 Å². The highest BCUT2D eigenvalue weighted by atomic mass is 16.3. The second-order valence-corrected chi connectivity index (χ2v) is 6.63. The maximum atomic E-state index is 10.8. The first-order valence-corrected chi connectivity index (χ1v) is 7.84. The first-order chi connectivity index (χ1) is 9.33. The maximum Gasteiger partial charge on any atom is 0.0947 e. The predicted octanol–water partition coefficient (Wildman–Crippen LogP) is 2.91. The van der Waals surface area contributed by atoms with Crippen molar-refractivity contribution in [2.75, 3.05) is 6.54 Å². The van der Waals surface area contributed by atoms with E-state index in [9.17, 15) is 5.11 Å². The van der Waals surface area contributed by atoms with Crippen LogP contribution in [0.2, 0.25) is 0 Å². The summed E-state index contributed by atoms with van der Waals surface area (Å²) in [6.45, 7) is 1.23. The van der Waals surface area contributed by atoms with Crippen molar-refractivity contribution in [3.05, 3.63) is 35.4 Å². The monoisotopic (exact) mass is 257 g/mol. The van der Waals surface area contributed by atoms with Gasteiger partial charge in [0.25, 0.3) is 0 Å². The van der Waals surface area contributed by atoms with Crippen molar-refractivity contribution in [2.24, 2.45) is 5.92 Å². The molecule has 1 aliphatic heterocycles. The molecule has 1 saturated heterocycles. The van der Waals surface area contributed by atoms with Gasteiger partial charge < -0.3 is 5.11 Å². The molecular formula is C17H23NO. The van der Waals surface area contributed by atoms with Gasteiger partial charge in [0.1, 0.15) is 0 Å². The molecule has 4 unspecified atom stereocenters. The van der Waals surface area contributed by atoms with Gasteiger partial charge in [-0.3, -0.25) is 4.90 Å². The molecule has 1 aromatic rings. The number of rotatable bonds is 1. The van der Waals surface area contributed by atoms with Gasteiger partial charge in [-0.05, 0) is 55.6 Å². The zero-order chi connectivity index (χ0) is 12.8. The molecule has 4 atom stereocenters. The summed E-state index contributed by atoms with van der Waals surface area (Å²) >= 11 is 0. The van der Waals surface area contributed by atoms with E-state index in [1.807, 2.05) is 0 Å². The second-order valence-electron chi connectivity index (χ2n) is 6.63. The Morgan fingerprint density at radius 1 is 1.11 bits per heavy atom. The molecule has 2 fully saturated rings. The molecule has 0 amide bonds. The molecule has 2 aliphatic carbocycles. The molecule has 3 aliphatic rings. The minimum atomic E-state index is -0.280. The Kier molecular flexibility index (Phi) is 2.89. The topological polar surface area (TPSA) is 23.5 Å². The van der Waals surface area contributed by atoms with Gasteiger partial charge in [-0.2, -0.15) is 0 Å². The lowest BCUT2D eigenvalue weighted by atomic mass is 9.96. The first-order valence-electron chi connectivity index (χ1n) is 7.84. The number of benzene rings is 1. The van der Waals surface area contributed by atoms with Gasteiger partial charge in [-0.1, -0.05) is 24.3 Å². The summed E-state index contributed by atoms with van der Waals surface area (Å²) < 4.78 is 0. The van der Waals surface area contributed by atoms with Crippen LogP contribution in [0.1, 0.15) is 49.3 Å². The van der Waals surface area contributed by atoms with Gasteiger partial charge in [0.05, 0.1) is 6.10 Å². The van der Waals surface area contributed by atoms with Crippen molar-refractivity contribution < 1.29 is 5.11 Å². The molecule has 1 aromatic carbocycles. The standard InChI is InChI=1S/C17H23NO/c19-17-15-6-2-1-4-13(15)5-3-7-16(17)18-11-12-8-9-14(18)10-12/h1-2,4,6,12,14,16-17,19H,3,5,7-11H2. The van der Waals surface area contributed by atoms with Crippen LogP contribution in [0.25, 0.3) is 0 Å². The van der Waals surface area contributed by atoms with E-state index in [1.54, 1.807) is 0 Å². The zero-order valence-corrected chi connectivity index (χ0v) is 11.5. The summed E-state index contributed by atoms with van der Waals surface area (Å²) in [6, 6.07) is 9.61. The molecule has 102 valence electrons. The predicted molar refractivity (Wildman–Crippen MR) is 76.0 cm³/mol. The molecule has 2 bridgehead atoms. The highest BCUT2D eigenvalue weighted by Gasteiger charge is 2.43. The number of hydrogen-bond donors (Lipinski definition) is 1. The SMILES string of the molecule is OC1c2ccccc2CCCC1N1CC2CCC1C2. The highest BCUT2D eigenvalue weighted by Crippen LogP contribution is 2.42. The largest absolute Gasteiger partial charge is 0.387 e. The van der Waals surface area contributed by atoms with Crippen molar-refractivity contribution in [1.82, 2.24) is 4.90 Å². The molecule has 4 rings (SSSR count). The van der Waals surface area contributed by atoms with Gasteiger partial charge in [0.2, 0.25) is 0 Å². The van der Waals surface area contributed by atoms with Crippen LogP contribution in [-0.4, -0.2) is 28.6 Å². The molecular weight excluding hydrogens is 234 g/mol. The summed E-state index contributed by atoms with van der Waals surface area (Å²) in [4.78, 5) is 2.64. The molecule has 2 heteroatoms. The summed E-state index contributed by atoms with van der Waals surface area (Å²) in [5, 5.41) is 10.8. The van der Waals surface area contributed by atoms with Crippen LogP contribution in [-0.2, 0) is 6.42 Å². The zero-order valence-electron chi connectivity index (χ0n) is 11.5. The van der Waals surface area contributed by atoms with Crippen molar-refractivity contribution in [3.63, 3.8) is 0 Å². The molecule has 1 saturated carbocycles. The summed E-state index contributed by atoms with van der Waals surface area (Å²) in [5.41, 5.74) is 2.55. The van der Waals surface area contributed by atoms with E-state index in [2.05, 4.69) is 29.2 Å². The molecule has 1 heterocycles. The van der Waals surface area contributed by atoms with E-state index in [1.165, 1.54) is 43.4 Å². The number of piperidine rings is 1. The Labute approximate surface area is 115 Å². The van der Waals surface area contributed by atoms with Gasteiger partial charge in [-0.25, -0.2) is 0 Å². The number of aliphatic hydroxyl groups excluding tert-OH is 1. The second kappa shape index (κ2) is 4.60. The van der Waals surface area contributed by atoms with E-state index in [-0.39, 0.29) is 6.10 Å². The summed E-state index contributed by atoms with van der Waals surface area (Å²) in [5.74, 6) is 0.913. The Hall–Kier alpha value is -0.860. The Balaban J connectivity index is 1.63. The minimum Gasteiger partial charge on any atom is -0.387 e. The average Bonchev–Trinajstić information content (AvgIpc) is 3.02. The fraction of sp³-hybridized carbons (Fsp3) is 0.647. The maximum absolute atomic E-state index is 10.8. The summed E-state index contributed by atoms with van der Waals surface area (Å²) in [7, 11) is 0. The number of likely N-dealkylation sites (tertiary alicyclic amines) is 1. The van der Waals surface area contributed by atoms with Crippen molar-refractivity contribution in [2.45, 2.75) is 56.7 Å². The molecule has 0 aromatic heterocycles. The number of aryl methyl sites for hydroxylation is 1. The van der Waals surface area contributed by atoms with Crippen molar-refractivity contribution >= 4 is 0 Å². The van der Waals surface area contributed by atoms with Gasteiger partial charge in [-0.15, -0.1) is 0 Å². The van der Waals surface area contributed by atoms with Gasteiger partial charge in [0.15, 0.2) is 0 Å². The van der Waals surface area contributed by atoms with Crippen molar-refractivity contribution in [3.8, 4) is 0 Å². The van der Waals surface area contributed by atoms with E-state index in [0.717, 1.165) is 24.8 Å². The van der Waals surface area contributed by atoms with Crippen LogP contribution in [0.15, 0.2) is 24.3 Å². The normalized spacial score (nSPS) is 38.2. The summed E-state index contributed by atoms with van der Waals surface area (Å²) in [6.07, 6.45) is 7.37. The Morgan fingerprint density at radius 2 is 2.00 bits per heavy atom. The fourth-order valence-corrected chi connectivity index (χ4v) is 4.63. The third-order valence-electron chi connectivity index (χ3n) is 5.56. The van der Waals surface area contributed by atoms with Crippen LogP contribution in [0.3, 0.4) is 0 Å². The minimum absolute atomic E-state index is 0.280. The lowest BCUT2D eigenvalue weighted by Gasteiger charge is -2.37. The van der Waals surface area contributed by atoms with Crippen LogP contribution >= 0.6 is 0 Å². The lowest BCUT2D eigenvalue weighted by molar-refractivity contribution is 0.0272. The average molecular weight is 257 g/mol. The number of nitrogens with zero attached hydrogens (tertiary/aromatic N) is 1. The smallest absolute Gasteiger partial charge is 0.0947 e. The van der Waals surface area contributed by atoms with Crippen LogP contribution < -0.4 is 0 Å².